The van der Waals surface area contributed by atoms with Crippen molar-refractivity contribution in [1.82, 2.24) is 0 Å². The van der Waals surface area contributed by atoms with E-state index in [1.165, 1.54) is 4.90 Å². The standard InChI is InChI=1S/C24H29N3O5S/c1-6-31-18-10-8-17(9-11-18)27(13-7-12-25)20(28)15-32-22(29)21-16(2)14-19(33-21)26-23(30)24(3,4)5/h8-11,14H,6-7,13,15H2,1-5H3,(H,26,30). The van der Waals surface area contributed by atoms with Gasteiger partial charge in [0.1, 0.15) is 10.6 Å². The van der Waals surface area contributed by atoms with E-state index in [-0.39, 0.29) is 18.9 Å². The van der Waals surface area contributed by atoms with Crippen molar-refractivity contribution in [1.29, 1.82) is 5.26 Å². The average molecular weight is 472 g/mol. The number of carbonyl (C=O) groups is 3. The van der Waals surface area contributed by atoms with Crippen LogP contribution in [0.25, 0.3) is 0 Å². The van der Waals surface area contributed by atoms with Crippen LogP contribution in [0.5, 0.6) is 5.75 Å². The number of hydrogen-bond acceptors (Lipinski definition) is 7. The maximum Gasteiger partial charge on any atom is 0.349 e. The van der Waals surface area contributed by atoms with Crippen LogP contribution in [0.4, 0.5) is 10.7 Å². The summed E-state index contributed by atoms with van der Waals surface area (Å²) in [6.07, 6.45) is 0.133. The number of benzene rings is 1. The summed E-state index contributed by atoms with van der Waals surface area (Å²) >= 11 is 1.10. The Morgan fingerprint density at radius 2 is 1.85 bits per heavy atom. The highest BCUT2D eigenvalue weighted by Gasteiger charge is 2.24. The molecule has 0 aliphatic carbocycles. The Kier molecular flexibility index (Phi) is 9.00. The molecule has 1 heterocycles. The normalized spacial score (nSPS) is 10.8. The molecule has 0 spiro atoms. The molecular formula is C24H29N3O5S. The fourth-order valence-corrected chi connectivity index (χ4v) is 3.73. The largest absolute Gasteiger partial charge is 0.494 e. The number of nitrogens with one attached hydrogen (secondary N) is 1. The predicted molar refractivity (Wildman–Crippen MR) is 128 cm³/mol. The molecule has 0 aliphatic heterocycles. The topological polar surface area (TPSA) is 109 Å². The van der Waals surface area contributed by atoms with E-state index in [1.807, 2.05) is 13.0 Å². The summed E-state index contributed by atoms with van der Waals surface area (Å²) in [5.74, 6) is -0.586. The summed E-state index contributed by atoms with van der Waals surface area (Å²) in [5, 5.41) is 12.3. The maximum absolute atomic E-state index is 12.8. The van der Waals surface area contributed by atoms with E-state index >= 15 is 0 Å². The summed E-state index contributed by atoms with van der Waals surface area (Å²) in [6.45, 7) is 9.23. The van der Waals surface area contributed by atoms with Crippen molar-refractivity contribution < 1.29 is 23.9 Å². The number of thiophene rings is 1. The molecule has 1 aromatic heterocycles. The Labute approximate surface area is 198 Å². The molecule has 8 nitrogen and oxygen atoms in total. The van der Waals surface area contributed by atoms with Gasteiger partial charge in [-0.2, -0.15) is 5.26 Å². The van der Waals surface area contributed by atoms with Crippen molar-refractivity contribution in [2.45, 2.75) is 41.0 Å². The van der Waals surface area contributed by atoms with Crippen molar-refractivity contribution in [3.63, 3.8) is 0 Å². The van der Waals surface area contributed by atoms with Gasteiger partial charge in [-0.1, -0.05) is 20.8 Å². The Morgan fingerprint density at radius 3 is 2.42 bits per heavy atom. The number of amides is 2. The summed E-state index contributed by atoms with van der Waals surface area (Å²) in [4.78, 5) is 39.3. The van der Waals surface area contributed by atoms with Crippen LogP contribution in [0.2, 0.25) is 0 Å². The lowest BCUT2D eigenvalue weighted by Crippen LogP contribution is -2.35. The molecule has 0 atom stereocenters. The molecule has 0 unspecified atom stereocenters. The first-order chi connectivity index (χ1) is 15.6. The fraction of sp³-hybridized carbons (Fsp3) is 0.417. The second-order valence-electron chi connectivity index (χ2n) is 8.28. The number of ether oxygens (including phenoxy) is 2. The molecule has 1 aromatic carbocycles. The van der Waals surface area contributed by atoms with E-state index < -0.39 is 23.9 Å². The third-order valence-corrected chi connectivity index (χ3v) is 5.69. The minimum atomic E-state index is -0.644. The van der Waals surface area contributed by atoms with E-state index in [0.717, 1.165) is 11.3 Å². The Balaban J connectivity index is 2.06. The van der Waals surface area contributed by atoms with Crippen LogP contribution in [0, 0.1) is 23.7 Å². The SMILES string of the molecule is CCOc1ccc(N(CCC#N)C(=O)COC(=O)c2sc(NC(=O)C(C)(C)C)cc2C)cc1. The molecule has 1 N–H and O–H groups in total. The van der Waals surface area contributed by atoms with Gasteiger partial charge < -0.3 is 19.7 Å². The third kappa shape index (κ3) is 7.32. The lowest BCUT2D eigenvalue weighted by molar-refractivity contribution is -0.123. The van der Waals surface area contributed by atoms with E-state index in [0.29, 0.717) is 33.5 Å². The highest BCUT2D eigenvalue weighted by molar-refractivity contribution is 7.18. The molecule has 2 rings (SSSR count). The number of esters is 1. The predicted octanol–water partition coefficient (Wildman–Crippen LogP) is 4.54. The smallest absolute Gasteiger partial charge is 0.349 e. The molecule has 0 aliphatic rings. The number of rotatable bonds is 9. The first kappa shape index (κ1) is 25.9. The molecule has 2 amide bonds. The van der Waals surface area contributed by atoms with E-state index in [4.69, 9.17) is 14.7 Å². The number of carbonyl (C=O) groups excluding carboxylic acids is 3. The molecule has 176 valence electrons. The third-order valence-electron chi connectivity index (χ3n) is 4.56. The van der Waals surface area contributed by atoms with Crippen LogP contribution in [0.3, 0.4) is 0 Å². The Morgan fingerprint density at radius 1 is 1.18 bits per heavy atom. The molecule has 0 saturated heterocycles. The maximum atomic E-state index is 12.8. The molecular weight excluding hydrogens is 442 g/mol. The zero-order valence-electron chi connectivity index (χ0n) is 19.6. The monoisotopic (exact) mass is 471 g/mol. The quantitative estimate of drug-likeness (QED) is 0.538. The highest BCUT2D eigenvalue weighted by atomic mass is 32.1. The number of anilines is 2. The van der Waals surface area contributed by atoms with Gasteiger partial charge in [-0.05, 0) is 49.7 Å². The fourth-order valence-electron chi connectivity index (χ4n) is 2.77. The first-order valence-corrected chi connectivity index (χ1v) is 11.4. The van der Waals surface area contributed by atoms with Crippen molar-refractivity contribution in [3.05, 3.63) is 40.8 Å². The molecule has 33 heavy (non-hydrogen) atoms. The molecule has 0 saturated carbocycles. The summed E-state index contributed by atoms with van der Waals surface area (Å²) in [7, 11) is 0. The molecule has 0 bridgehead atoms. The summed E-state index contributed by atoms with van der Waals surface area (Å²) in [5.41, 5.74) is 0.655. The van der Waals surface area contributed by atoms with Crippen LogP contribution in [0.15, 0.2) is 30.3 Å². The van der Waals surface area contributed by atoms with Gasteiger partial charge in [-0.3, -0.25) is 9.59 Å². The van der Waals surface area contributed by atoms with Crippen LogP contribution >= 0.6 is 11.3 Å². The number of nitriles is 1. The van der Waals surface area contributed by atoms with Gasteiger partial charge in [-0.25, -0.2) is 4.79 Å². The zero-order chi connectivity index (χ0) is 24.6. The molecule has 2 aromatic rings. The first-order valence-electron chi connectivity index (χ1n) is 10.6. The average Bonchev–Trinajstić information content (AvgIpc) is 3.13. The Bertz CT molecular complexity index is 1030. The minimum Gasteiger partial charge on any atom is -0.494 e. The van der Waals surface area contributed by atoms with Crippen molar-refractivity contribution in [2.24, 2.45) is 5.41 Å². The van der Waals surface area contributed by atoms with Gasteiger partial charge in [0.15, 0.2) is 6.61 Å². The van der Waals surface area contributed by atoms with Gasteiger partial charge in [0.2, 0.25) is 5.91 Å². The number of aryl methyl sites for hydroxylation is 1. The zero-order valence-corrected chi connectivity index (χ0v) is 20.4. The van der Waals surface area contributed by atoms with Crippen molar-refractivity contribution >= 4 is 39.8 Å². The van der Waals surface area contributed by atoms with E-state index in [2.05, 4.69) is 5.32 Å². The van der Waals surface area contributed by atoms with Crippen LogP contribution in [-0.2, 0) is 14.3 Å². The van der Waals surface area contributed by atoms with Crippen molar-refractivity contribution in [3.8, 4) is 11.8 Å². The summed E-state index contributed by atoms with van der Waals surface area (Å²) < 4.78 is 10.7. The number of hydrogen-bond donors (Lipinski definition) is 1. The van der Waals surface area contributed by atoms with E-state index in [9.17, 15) is 14.4 Å². The minimum absolute atomic E-state index is 0.133. The van der Waals surface area contributed by atoms with Gasteiger partial charge in [0.05, 0.1) is 24.1 Å². The van der Waals surface area contributed by atoms with Crippen LogP contribution in [-0.4, -0.2) is 37.5 Å². The van der Waals surface area contributed by atoms with Crippen LogP contribution in [0.1, 0.15) is 49.4 Å². The summed E-state index contributed by atoms with van der Waals surface area (Å²) in [6, 6.07) is 10.6. The van der Waals surface area contributed by atoms with Crippen LogP contribution < -0.4 is 15.0 Å². The van der Waals surface area contributed by atoms with Gasteiger partial charge in [0.25, 0.3) is 5.91 Å². The molecule has 0 radical (unpaired) electrons. The van der Waals surface area contributed by atoms with Crippen molar-refractivity contribution in [2.75, 3.05) is 30.0 Å². The lowest BCUT2D eigenvalue weighted by Gasteiger charge is -2.22. The second-order valence-corrected chi connectivity index (χ2v) is 9.34. The lowest BCUT2D eigenvalue weighted by atomic mass is 9.96. The molecule has 0 fully saturated rings. The molecule has 9 heteroatoms. The second kappa shape index (κ2) is 11.5. The van der Waals surface area contributed by atoms with E-state index in [1.54, 1.807) is 58.0 Å². The number of nitrogens with zero attached hydrogens (tertiary/aromatic N) is 2. The van der Waals surface area contributed by atoms with Gasteiger partial charge in [-0.15, -0.1) is 11.3 Å². The Hall–Kier alpha value is -3.38. The van der Waals surface area contributed by atoms with Gasteiger partial charge >= 0.3 is 5.97 Å². The van der Waals surface area contributed by atoms with Gasteiger partial charge in [0, 0.05) is 17.6 Å². The highest BCUT2D eigenvalue weighted by Crippen LogP contribution is 2.29.